The minimum atomic E-state index is -0.397. The van der Waals surface area contributed by atoms with Gasteiger partial charge >= 0.3 is 0 Å². The number of nitrogens with two attached hydrogens (primary N) is 1. The van der Waals surface area contributed by atoms with Crippen LogP contribution in [0.2, 0.25) is 0 Å². The van der Waals surface area contributed by atoms with Crippen molar-refractivity contribution < 1.29 is 9.59 Å². The van der Waals surface area contributed by atoms with Crippen molar-refractivity contribution in [3.63, 3.8) is 0 Å². The molecule has 4 rings (SSSR count). The molecule has 1 saturated heterocycles. The maximum absolute atomic E-state index is 12.7. The van der Waals surface area contributed by atoms with Crippen LogP contribution < -0.4 is 16.0 Å². The fourth-order valence-electron chi connectivity index (χ4n) is 4.06. The Morgan fingerprint density at radius 2 is 1.83 bits per heavy atom. The summed E-state index contributed by atoms with van der Waals surface area (Å²) < 4.78 is 0. The molecule has 3 N–H and O–H groups in total. The number of fused-ring (bicyclic) bond motifs is 1. The summed E-state index contributed by atoms with van der Waals surface area (Å²) in [5.41, 5.74) is 8.91. The quantitative estimate of drug-likeness (QED) is 0.765. The fraction of sp³-hybridized carbons (Fsp3) is 0.333. The first-order valence-corrected chi connectivity index (χ1v) is 9.54. The first-order valence-electron chi connectivity index (χ1n) is 9.54. The van der Waals surface area contributed by atoms with E-state index in [2.05, 4.69) is 34.5 Å². The van der Waals surface area contributed by atoms with E-state index in [0.717, 1.165) is 23.4 Å². The van der Waals surface area contributed by atoms with Crippen LogP contribution in [0.3, 0.4) is 0 Å². The van der Waals surface area contributed by atoms with Crippen LogP contribution in [0.5, 0.6) is 0 Å². The Kier molecular flexibility index (Phi) is 6.74. The number of anilines is 1. The van der Waals surface area contributed by atoms with Crippen LogP contribution in [0.4, 0.5) is 5.69 Å². The molecule has 0 aromatic heterocycles. The average Bonchev–Trinajstić information content (AvgIpc) is 2.69. The maximum atomic E-state index is 12.7. The van der Waals surface area contributed by atoms with E-state index < -0.39 is 5.91 Å². The molecule has 0 radical (unpaired) electrons. The lowest BCUT2D eigenvalue weighted by Gasteiger charge is -2.51. The molecule has 1 atom stereocenters. The second-order valence-electron chi connectivity index (χ2n) is 7.22. The monoisotopic (exact) mass is 415 g/mol. The Hall–Kier alpha value is -2.61. The molecule has 2 aliphatic rings. The van der Waals surface area contributed by atoms with Gasteiger partial charge in [-0.2, -0.15) is 0 Å². The smallest absolute Gasteiger partial charge is 0.239 e. The van der Waals surface area contributed by atoms with Gasteiger partial charge in [-0.3, -0.25) is 14.5 Å². The Morgan fingerprint density at radius 1 is 1.10 bits per heavy atom. The van der Waals surface area contributed by atoms with Crippen LogP contribution in [-0.2, 0) is 22.7 Å². The van der Waals surface area contributed by atoms with Crippen molar-refractivity contribution in [2.75, 3.05) is 31.1 Å². The molecule has 29 heavy (non-hydrogen) atoms. The van der Waals surface area contributed by atoms with Gasteiger partial charge < -0.3 is 20.9 Å². The van der Waals surface area contributed by atoms with Crippen LogP contribution in [0, 0.1) is 0 Å². The Balaban J connectivity index is 0.00000240. The van der Waals surface area contributed by atoms with Gasteiger partial charge in [-0.1, -0.05) is 48.5 Å². The van der Waals surface area contributed by atoms with Gasteiger partial charge in [0.25, 0.3) is 0 Å². The van der Waals surface area contributed by atoms with Crippen LogP contribution in [0.1, 0.15) is 11.1 Å². The van der Waals surface area contributed by atoms with Gasteiger partial charge in [0.1, 0.15) is 0 Å². The average molecular weight is 416 g/mol. The predicted octanol–water partition coefficient (Wildman–Crippen LogP) is 1.13. The molecule has 2 aromatic rings. The molecular weight excluding hydrogens is 390 g/mol. The number of carbonyl (C=O) groups is 2. The second kappa shape index (κ2) is 9.26. The van der Waals surface area contributed by atoms with Crippen LogP contribution in [-0.4, -0.2) is 54.1 Å². The van der Waals surface area contributed by atoms with Crippen molar-refractivity contribution in [1.82, 2.24) is 15.1 Å². The summed E-state index contributed by atoms with van der Waals surface area (Å²) in [6.45, 7) is 2.93. The van der Waals surface area contributed by atoms with Gasteiger partial charge in [-0.05, 0) is 17.2 Å². The number of primary amides is 1. The highest BCUT2D eigenvalue weighted by Gasteiger charge is 2.39. The number of rotatable bonds is 5. The highest BCUT2D eigenvalue weighted by atomic mass is 35.5. The van der Waals surface area contributed by atoms with Crippen molar-refractivity contribution in [3.05, 3.63) is 65.7 Å². The minimum Gasteiger partial charge on any atom is -0.369 e. The second-order valence-corrected chi connectivity index (χ2v) is 7.22. The molecule has 0 aliphatic carbocycles. The van der Waals surface area contributed by atoms with Gasteiger partial charge in [0.15, 0.2) is 6.29 Å². The minimum absolute atomic E-state index is 0. The predicted molar refractivity (Wildman–Crippen MR) is 114 cm³/mol. The third-order valence-corrected chi connectivity index (χ3v) is 5.24. The molecule has 0 saturated carbocycles. The number of hydrogen-bond donors (Lipinski definition) is 2. The van der Waals surface area contributed by atoms with E-state index in [9.17, 15) is 9.59 Å². The summed E-state index contributed by atoms with van der Waals surface area (Å²) in [4.78, 5) is 30.6. The Morgan fingerprint density at radius 3 is 2.55 bits per heavy atom. The van der Waals surface area contributed by atoms with Crippen molar-refractivity contribution in [3.8, 4) is 0 Å². The van der Waals surface area contributed by atoms with E-state index in [0.29, 0.717) is 26.2 Å². The molecule has 1 fully saturated rings. The third kappa shape index (κ3) is 4.53. The van der Waals surface area contributed by atoms with E-state index in [1.165, 1.54) is 0 Å². The summed E-state index contributed by atoms with van der Waals surface area (Å²) in [5, 5.41) is 3.12. The first-order chi connectivity index (χ1) is 13.6. The summed E-state index contributed by atoms with van der Waals surface area (Å²) in [5.74, 6) is -0.366. The van der Waals surface area contributed by atoms with Crippen molar-refractivity contribution >= 4 is 29.9 Å². The van der Waals surface area contributed by atoms with Gasteiger partial charge in [-0.25, -0.2) is 0 Å². The van der Waals surface area contributed by atoms with E-state index in [1.54, 1.807) is 0 Å². The molecule has 154 valence electrons. The lowest BCUT2D eigenvalue weighted by Crippen LogP contribution is -2.66. The molecule has 0 bridgehead atoms. The molecule has 8 heteroatoms. The lowest BCUT2D eigenvalue weighted by molar-refractivity contribution is -0.141. The molecule has 2 aliphatic heterocycles. The van der Waals surface area contributed by atoms with Gasteiger partial charge in [0.05, 0.1) is 13.1 Å². The zero-order chi connectivity index (χ0) is 19.5. The molecule has 2 aromatic carbocycles. The number of carbonyl (C=O) groups excluding carboxylic acids is 2. The number of benzene rings is 2. The van der Waals surface area contributed by atoms with E-state index in [-0.39, 0.29) is 31.1 Å². The summed E-state index contributed by atoms with van der Waals surface area (Å²) in [7, 11) is 0. The number of halogens is 1. The van der Waals surface area contributed by atoms with Crippen molar-refractivity contribution in [2.45, 2.75) is 19.4 Å². The summed E-state index contributed by atoms with van der Waals surface area (Å²) in [6.07, 6.45) is -0.350. The number of hydrogen-bond acceptors (Lipinski definition) is 5. The standard InChI is InChI=1S/C21H25N5O2.ClH/c22-19(27)15-24-14-17-8-4-5-9-18(17)26(13-16-6-2-1-3-7-16)21(24)25-11-10-23-12-20(25)28;/h1-9,21,23H,10-15H2,(H2,22,27);1H. The first kappa shape index (κ1) is 21.1. The highest BCUT2D eigenvalue weighted by Crippen LogP contribution is 2.34. The number of nitrogens with zero attached hydrogens (tertiary/aromatic N) is 3. The van der Waals surface area contributed by atoms with Crippen LogP contribution in [0.25, 0.3) is 0 Å². The Bertz CT molecular complexity index is 863. The zero-order valence-corrected chi connectivity index (χ0v) is 17.0. The topological polar surface area (TPSA) is 81.9 Å². The van der Waals surface area contributed by atoms with E-state index in [1.807, 2.05) is 40.1 Å². The molecule has 0 spiro atoms. The number of nitrogens with one attached hydrogen (secondary N) is 1. The molecule has 1 unspecified atom stereocenters. The van der Waals surface area contributed by atoms with Crippen molar-refractivity contribution in [1.29, 1.82) is 0 Å². The molecule has 2 heterocycles. The zero-order valence-electron chi connectivity index (χ0n) is 16.2. The number of piperazine rings is 1. The highest BCUT2D eigenvalue weighted by molar-refractivity contribution is 5.85. The molecule has 2 amide bonds. The largest absolute Gasteiger partial charge is 0.369 e. The van der Waals surface area contributed by atoms with Crippen LogP contribution in [0.15, 0.2) is 54.6 Å². The number of amides is 2. The van der Waals surface area contributed by atoms with Gasteiger partial charge in [0.2, 0.25) is 11.8 Å². The SMILES string of the molecule is Cl.NC(=O)CN1Cc2ccccc2N(Cc2ccccc2)C1N1CCNCC1=O. The van der Waals surface area contributed by atoms with E-state index in [4.69, 9.17) is 5.73 Å². The van der Waals surface area contributed by atoms with Crippen molar-refractivity contribution in [2.24, 2.45) is 5.73 Å². The maximum Gasteiger partial charge on any atom is 0.239 e. The summed E-state index contributed by atoms with van der Waals surface area (Å²) in [6, 6.07) is 18.3. The van der Waals surface area contributed by atoms with Gasteiger partial charge in [-0.15, -0.1) is 12.4 Å². The van der Waals surface area contributed by atoms with Gasteiger partial charge in [0, 0.05) is 31.9 Å². The summed E-state index contributed by atoms with van der Waals surface area (Å²) >= 11 is 0. The molecule has 7 nitrogen and oxygen atoms in total. The van der Waals surface area contributed by atoms with E-state index >= 15 is 0 Å². The third-order valence-electron chi connectivity index (χ3n) is 5.24. The fourth-order valence-corrected chi connectivity index (χ4v) is 4.06. The molecular formula is C21H26ClN5O2. The lowest BCUT2D eigenvalue weighted by atomic mass is 10.1. The number of para-hydroxylation sites is 1. The van der Waals surface area contributed by atoms with Crippen LogP contribution >= 0.6 is 12.4 Å². The normalized spacial score (nSPS) is 19.4. The Labute approximate surface area is 176 Å².